The van der Waals surface area contributed by atoms with Crippen molar-refractivity contribution in [3.63, 3.8) is 0 Å². The topological polar surface area (TPSA) is 66.0 Å². The number of pyridine rings is 1. The quantitative estimate of drug-likeness (QED) is 0.740. The van der Waals surface area contributed by atoms with Gasteiger partial charge in [-0.05, 0) is 30.2 Å². The lowest BCUT2D eigenvalue weighted by Crippen LogP contribution is -2.43. The van der Waals surface area contributed by atoms with Gasteiger partial charge in [-0.3, -0.25) is 15.0 Å². The van der Waals surface area contributed by atoms with Crippen molar-refractivity contribution in [1.82, 2.24) is 20.3 Å². The second-order valence-corrected chi connectivity index (χ2v) is 7.29. The summed E-state index contributed by atoms with van der Waals surface area (Å²) in [6.45, 7) is 2.72. The van der Waals surface area contributed by atoms with E-state index in [1.807, 2.05) is 24.5 Å². The number of hydrogen-bond donors (Lipinski definition) is 2. The first-order valence-corrected chi connectivity index (χ1v) is 9.23. The molecule has 2 bridgehead atoms. The molecule has 0 aliphatic carbocycles. The fourth-order valence-corrected chi connectivity index (χ4v) is 4.21. The first-order chi connectivity index (χ1) is 12.8. The third-order valence-electron chi connectivity index (χ3n) is 5.27. The molecule has 0 radical (unpaired) electrons. The molecular formula is C19H19ClN6. The Morgan fingerprint density at radius 1 is 1.19 bits per heavy atom. The van der Waals surface area contributed by atoms with Gasteiger partial charge in [0, 0.05) is 55.3 Å². The fourth-order valence-electron chi connectivity index (χ4n) is 3.98. The van der Waals surface area contributed by atoms with Crippen LogP contribution in [0, 0.1) is 0 Å². The van der Waals surface area contributed by atoms with E-state index in [0.717, 1.165) is 35.4 Å². The van der Waals surface area contributed by atoms with Gasteiger partial charge in [-0.15, -0.1) is 0 Å². The number of rotatable bonds is 4. The number of aromatic nitrogens is 3. The van der Waals surface area contributed by atoms with Gasteiger partial charge >= 0.3 is 0 Å². The summed E-state index contributed by atoms with van der Waals surface area (Å²) in [4.78, 5) is 15.5. The van der Waals surface area contributed by atoms with Crippen molar-refractivity contribution in [3.8, 4) is 0 Å². The predicted octanol–water partition coefficient (Wildman–Crippen LogP) is 2.84. The minimum atomic E-state index is 0.572. The normalized spacial score (nSPS) is 21.5. The van der Waals surface area contributed by atoms with Crippen LogP contribution in [-0.2, 0) is 6.54 Å². The fraction of sp³-hybridized carbons (Fsp3) is 0.316. The molecule has 0 amide bonds. The van der Waals surface area contributed by atoms with E-state index in [4.69, 9.17) is 11.6 Å². The highest BCUT2D eigenvalue weighted by Crippen LogP contribution is 2.34. The molecule has 2 saturated heterocycles. The molecule has 2 aromatic heterocycles. The highest BCUT2D eigenvalue weighted by molar-refractivity contribution is 6.32. The molecule has 132 valence electrons. The predicted molar refractivity (Wildman–Crippen MR) is 104 cm³/mol. The molecule has 4 heterocycles. The molecular weight excluding hydrogens is 348 g/mol. The van der Waals surface area contributed by atoms with E-state index in [0.29, 0.717) is 23.7 Å². The van der Waals surface area contributed by atoms with Crippen molar-refractivity contribution >= 4 is 34.0 Å². The average Bonchev–Trinajstić information content (AvgIpc) is 3.30. The number of benzene rings is 1. The number of piperazine rings is 1. The van der Waals surface area contributed by atoms with Crippen molar-refractivity contribution in [3.05, 3.63) is 53.6 Å². The van der Waals surface area contributed by atoms with Crippen LogP contribution in [-0.4, -0.2) is 40.1 Å². The van der Waals surface area contributed by atoms with Gasteiger partial charge in [-0.1, -0.05) is 11.6 Å². The van der Waals surface area contributed by atoms with Crippen LogP contribution in [0.3, 0.4) is 0 Å². The van der Waals surface area contributed by atoms with E-state index < -0.39 is 0 Å². The van der Waals surface area contributed by atoms with Crippen LogP contribution in [0.5, 0.6) is 0 Å². The second kappa shape index (κ2) is 6.37. The van der Waals surface area contributed by atoms with E-state index in [-0.39, 0.29) is 0 Å². The summed E-state index contributed by atoms with van der Waals surface area (Å²) in [5.41, 5.74) is 4.91. The third kappa shape index (κ3) is 2.75. The number of nitrogens with one attached hydrogen (secondary N) is 2. The Hall–Kier alpha value is -2.44. The summed E-state index contributed by atoms with van der Waals surface area (Å²) in [5.74, 6) is 0. The maximum Gasteiger partial charge on any atom is 0.0901 e. The zero-order valence-electron chi connectivity index (χ0n) is 14.2. The van der Waals surface area contributed by atoms with Crippen LogP contribution in [0.4, 0.5) is 11.4 Å². The Morgan fingerprint density at radius 3 is 2.81 bits per heavy atom. The first kappa shape index (κ1) is 15.8. The van der Waals surface area contributed by atoms with Gasteiger partial charge in [0.25, 0.3) is 0 Å². The molecule has 0 unspecified atom stereocenters. The molecule has 7 heteroatoms. The van der Waals surface area contributed by atoms with Crippen LogP contribution >= 0.6 is 11.6 Å². The number of halogens is 1. The van der Waals surface area contributed by atoms with Gasteiger partial charge in [0.1, 0.15) is 0 Å². The van der Waals surface area contributed by atoms with Gasteiger partial charge in [0.05, 0.1) is 28.6 Å². The zero-order valence-corrected chi connectivity index (χ0v) is 14.9. The molecule has 2 aliphatic heterocycles. The first-order valence-electron chi connectivity index (χ1n) is 8.85. The van der Waals surface area contributed by atoms with Gasteiger partial charge in [-0.25, -0.2) is 0 Å². The molecule has 5 rings (SSSR count). The molecule has 6 nitrogen and oxygen atoms in total. The standard InChI is InChI=1S/C19H19ClN6/c20-15-7-17-16(22-3-4-23-17)5-12(15)8-25-18-10-21-2-1-19(18)26-11-13-6-14(26)9-24-13/h1-5,7,10,13-14,24-25H,6,8-9,11H2/t13-,14-/m1/s1. The minimum absolute atomic E-state index is 0.572. The molecule has 1 aromatic carbocycles. The van der Waals surface area contributed by atoms with Crippen LogP contribution in [0.15, 0.2) is 43.0 Å². The summed E-state index contributed by atoms with van der Waals surface area (Å²) in [5, 5.41) is 7.76. The van der Waals surface area contributed by atoms with Crippen LogP contribution < -0.4 is 15.5 Å². The molecule has 26 heavy (non-hydrogen) atoms. The molecule has 3 aromatic rings. The van der Waals surface area contributed by atoms with E-state index in [9.17, 15) is 0 Å². The summed E-state index contributed by atoms with van der Waals surface area (Å²) in [6, 6.07) is 7.14. The lowest BCUT2D eigenvalue weighted by Gasteiger charge is -2.31. The van der Waals surface area contributed by atoms with Crippen molar-refractivity contribution in [1.29, 1.82) is 0 Å². The van der Waals surface area contributed by atoms with Gasteiger partial charge in [-0.2, -0.15) is 0 Å². The second-order valence-electron chi connectivity index (χ2n) is 6.88. The van der Waals surface area contributed by atoms with Gasteiger partial charge in [0.15, 0.2) is 0 Å². The Bertz CT molecular complexity index is 962. The van der Waals surface area contributed by atoms with E-state index in [1.165, 1.54) is 12.1 Å². The molecule has 0 spiro atoms. The maximum absolute atomic E-state index is 6.45. The van der Waals surface area contributed by atoms with Crippen LogP contribution in [0.25, 0.3) is 11.0 Å². The number of anilines is 2. The largest absolute Gasteiger partial charge is 0.378 e. The molecule has 2 fully saturated rings. The smallest absolute Gasteiger partial charge is 0.0901 e. The molecule has 2 atom stereocenters. The van der Waals surface area contributed by atoms with Gasteiger partial charge in [0.2, 0.25) is 0 Å². The minimum Gasteiger partial charge on any atom is -0.378 e. The Morgan fingerprint density at radius 2 is 2.04 bits per heavy atom. The highest BCUT2D eigenvalue weighted by atomic mass is 35.5. The Balaban J connectivity index is 1.40. The molecule has 2 N–H and O–H groups in total. The summed E-state index contributed by atoms with van der Waals surface area (Å²) < 4.78 is 0. The number of nitrogens with zero attached hydrogens (tertiary/aromatic N) is 4. The number of fused-ring (bicyclic) bond motifs is 3. The van der Waals surface area contributed by atoms with Crippen molar-refractivity contribution < 1.29 is 0 Å². The zero-order chi connectivity index (χ0) is 17.5. The number of hydrogen-bond acceptors (Lipinski definition) is 6. The van der Waals surface area contributed by atoms with E-state index in [1.54, 1.807) is 12.4 Å². The van der Waals surface area contributed by atoms with Crippen LogP contribution in [0.1, 0.15) is 12.0 Å². The third-order valence-corrected chi connectivity index (χ3v) is 5.62. The SMILES string of the molecule is Clc1cc2nccnc2cc1CNc1cnccc1N1C[C@H]2C[C@@H]1CN2. The summed E-state index contributed by atoms with van der Waals surface area (Å²) in [7, 11) is 0. The molecule has 2 aliphatic rings. The summed E-state index contributed by atoms with van der Waals surface area (Å²) in [6.07, 6.45) is 8.35. The maximum atomic E-state index is 6.45. The Kier molecular flexibility index (Phi) is 3.87. The average molecular weight is 367 g/mol. The highest BCUT2D eigenvalue weighted by Gasteiger charge is 2.38. The molecule has 0 saturated carbocycles. The van der Waals surface area contributed by atoms with Crippen molar-refractivity contribution in [2.75, 3.05) is 23.3 Å². The monoisotopic (exact) mass is 366 g/mol. The van der Waals surface area contributed by atoms with Gasteiger partial charge < -0.3 is 15.5 Å². The van der Waals surface area contributed by atoms with E-state index in [2.05, 4.69) is 36.6 Å². The summed E-state index contributed by atoms with van der Waals surface area (Å²) >= 11 is 6.45. The lowest BCUT2D eigenvalue weighted by atomic mass is 10.1. The van der Waals surface area contributed by atoms with Crippen molar-refractivity contribution in [2.45, 2.75) is 25.0 Å². The van der Waals surface area contributed by atoms with Crippen LogP contribution in [0.2, 0.25) is 5.02 Å². The Labute approximate surface area is 156 Å². The van der Waals surface area contributed by atoms with Crippen molar-refractivity contribution in [2.24, 2.45) is 0 Å². The van der Waals surface area contributed by atoms with E-state index >= 15 is 0 Å². The lowest BCUT2D eigenvalue weighted by molar-refractivity contribution is 0.580.